The highest BCUT2D eigenvalue weighted by Gasteiger charge is 2.37. The van der Waals surface area contributed by atoms with Crippen molar-refractivity contribution >= 4 is 45.5 Å². The van der Waals surface area contributed by atoms with E-state index in [-0.39, 0.29) is 5.57 Å². The lowest BCUT2D eigenvalue weighted by molar-refractivity contribution is -0.122. The molecule has 3 aromatic rings. The second kappa shape index (κ2) is 10.6. The van der Waals surface area contributed by atoms with Gasteiger partial charge in [0.1, 0.15) is 17.1 Å². The topological polar surface area (TPSA) is 84.9 Å². The van der Waals surface area contributed by atoms with E-state index in [1.807, 2.05) is 37.3 Å². The molecular formula is C27H23BrN2O5. The average Bonchev–Trinajstić information content (AvgIpc) is 2.85. The van der Waals surface area contributed by atoms with Crippen LogP contribution in [0.2, 0.25) is 0 Å². The van der Waals surface area contributed by atoms with Crippen molar-refractivity contribution in [3.63, 3.8) is 0 Å². The fourth-order valence-corrected chi connectivity index (χ4v) is 4.18. The van der Waals surface area contributed by atoms with Crippen molar-refractivity contribution in [2.24, 2.45) is 0 Å². The van der Waals surface area contributed by atoms with Crippen LogP contribution in [0.4, 0.5) is 10.5 Å². The number of carbonyl (C=O) groups excluding carboxylic acids is 3. The lowest BCUT2D eigenvalue weighted by Crippen LogP contribution is -2.54. The number of amides is 4. The van der Waals surface area contributed by atoms with Gasteiger partial charge in [-0.1, -0.05) is 40.2 Å². The van der Waals surface area contributed by atoms with Gasteiger partial charge < -0.3 is 9.47 Å². The molecule has 7 nitrogen and oxygen atoms in total. The zero-order valence-corrected chi connectivity index (χ0v) is 20.8. The summed E-state index contributed by atoms with van der Waals surface area (Å²) in [6.45, 7) is 2.36. The summed E-state index contributed by atoms with van der Waals surface area (Å²) in [6, 6.07) is 19.0. The van der Waals surface area contributed by atoms with E-state index in [4.69, 9.17) is 9.47 Å². The number of anilines is 1. The molecule has 3 aromatic carbocycles. The largest absolute Gasteiger partial charge is 0.497 e. The number of benzene rings is 3. The van der Waals surface area contributed by atoms with Crippen LogP contribution in [0.15, 0.2) is 76.8 Å². The zero-order valence-electron chi connectivity index (χ0n) is 19.2. The summed E-state index contributed by atoms with van der Waals surface area (Å²) in [5.41, 5.74) is 2.75. The van der Waals surface area contributed by atoms with Crippen molar-refractivity contribution in [2.45, 2.75) is 13.3 Å². The summed E-state index contributed by atoms with van der Waals surface area (Å²) >= 11 is 3.57. The van der Waals surface area contributed by atoms with Gasteiger partial charge in [0.25, 0.3) is 11.8 Å². The van der Waals surface area contributed by atoms with Crippen molar-refractivity contribution in [1.82, 2.24) is 5.32 Å². The first-order valence-corrected chi connectivity index (χ1v) is 11.7. The van der Waals surface area contributed by atoms with Gasteiger partial charge in [0, 0.05) is 4.47 Å². The maximum absolute atomic E-state index is 13.3. The average molecular weight is 535 g/mol. The van der Waals surface area contributed by atoms with Crippen molar-refractivity contribution in [3.05, 3.63) is 93.5 Å². The maximum atomic E-state index is 13.3. The van der Waals surface area contributed by atoms with Crippen LogP contribution in [0.3, 0.4) is 0 Å². The summed E-state index contributed by atoms with van der Waals surface area (Å²) in [7, 11) is 1.58. The summed E-state index contributed by atoms with van der Waals surface area (Å²) in [6.07, 6.45) is 2.05. The molecule has 0 bridgehead atoms. The molecule has 0 unspecified atom stereocenters. The molecule has 8 heteroatoms. The van der Waals surface area contributed by atoms with E-state index in [9.17, 15) is 14.4 Å². The number of ether oxygens (including phenoxy) is 2. The van der Waals surface area contributed by atoms with Gasteiger partial charge >= 0.3 is 6.03 Å². The van der Waals surface area contributed by atoms with Crippen LogP contribution in [0.1, 0.15) is 23.6 Å². The van der Waals surface area contributed by atoms with E-state index < -0.39 is 17.8 Å². The molecule has 0 radical (unpaired) electrons. The normalized spacial score (nSPS) is 14.8. The van der Waals surface area contributed by atoms with Crippen LogP contribution in [0, 0.1) is 0 Å². The summed E-state index contributed by atoms with van der Waals surface area (Å²) in [5.74, 6) is -0.182. The quantitative estimate of drug-likeness (QED) is 0.336. The number of rotatable bonds is 7. The third-order valence-corrected chi connectivity index (χ3v) is 6.27. The molecule has 0 aliphatic carbocycles. The standard InChI is InChI=1S/C27H23BrN2O5/c1-3-35-21-12-9-20(10-13-21)30-26(32)23(25(31)29-27(30)33)16-17-8-11-22(34-2)15-19(17)14-18-6-4-5-7-24(18)28/h4-13,15-16H,3,14H2,1-2H3,(H,29,31,33)/b23-16+. The Bertz CT molecular complexity index is 1320. The first-order chi connectivity index (χ1) is 16.9. The lowest BCUT2D eigenvalue weighted by Gasteiger charge is -2.26. The second-order valence-electron chi connectivity index (χ2n) is 7.72. The Kier molecular flexibility index (Phi) is 7.31. The molecule has 0 atom stereocenters. The molecule has 1 saturated heterocycles. The molecule has 0 saturated carbocycles. The molecule has 4 amide bonds. The first-order valence-electron chi connectivity index (χ1n) is 11.0. The Hall–Kier alpha value is -3.91. The Labute approximate surface area is 211 Å². The highest BCUT2D eigenvalue weighted by Crippen LogP contribution is 2.28. The molecule has 1 N–H and O–H groups in total. The first kappa shape index (κ1) is 24.2. The predicted octanol–water partition coefficient (Wildman–Crippen LogP) is 5.11. The zero-order chi connectivity index (χ0) is 24.9. The van der Waals surface area contributed by atoms with E-state index in [0.717, 1.165) is 20.5 Å². The van der Waals surface area contributed by atoms with Crippen molar-refractivity contribution in [2.75, 3.05) is 18.6 Å². The van der Waals surface area contributed by atoms with Crippen LogP contribution in [0.25, 0.3) is 6.08 Å². The fourth-order valence-electron chi connectivity index (χ4n) is 3.76. The van der Waals surface area contributed by atoms with Gasteiger partial charge in [0.2, 0.25) is 0 Å². The molecule has 1 aliphatic heterocycles. The predicted molar refractivity (Wildman–Crippen MR) is 137 cm³/mol. The van der Waals surface area contributed by atoms with Gasteiger partial charge in [0.05, 0.1) is 19.4 Å². The number of urea groups is 1. The van der Waals surface area contributed by atoms with Gasteiger partial charge in [-0.25, -0.2) is 9.69 Å². The van der Waals surface area contributed by atoms with Crippen molar-refractivity contribution < 1.29 is 23.9 Å². The Morgan fingerprint density at radius 3 is 2.34 bits per heavy atom. The molecular weight excluding hydrogens is 512 g/mol. The molecule has 4 rings (SSSR count). The van der Waals surface area contributed by atoms with Crippen LogP contribution in [-0.2, 0) is 16.0 Å². The molecule has 1 aliphatic rings. The number of nitrogens with zero attached hydrogens (tertiary/aromatic N) is 1. The molecule has 0 spiro atoms. The minimum Gasteiger partial charge on any atom is -0.497 e. The van der Waals surface area contributed by atoms with Gasteiger partial charge in [-0.3, -0.25) is 14.9 Å². The number of barbiturate groups is 1. The molecule has 0 aromatic heterocycles. The van der Waals surface area contributed by atoms with Crippen LogP contribution in [-0.4, -0.2) is 31.6 Å². The summed E-state index contributed by atoms with van der Waals surface area (Å²) in [4.78, 5) is 39.5. The minimum absolute atomic E-state index is 0.142. The molecule has 1 fully saturated rings. The second-order valence-corrected chi connectivity index (χ2v) is 8.57. The maximum Gasteiger partial charge on any atom is 0.335 e. The number of halogens is 1. The van der Waals surface area contributed by atoms with E-state index in [1.165, 1.54) is 6.08 Å². The Morgan fingerprint density at radius 1 is 0.943 bits per heavy atom. The van der Waals surface area contributed by atoms with Crippen molar-refractivity contribution in [3.8, 4) is 11.5 Å². The minimum atomic E-state index is -0.801. The van der Waals surface area contributed by atoms with E-state index in [0.29, 0.717) is 35.8 Å². The number of nitrogens with one attached hydrogen (secondary N) is 1. The van der Waals surface area contributed by atoms with Crippen molar-refractivity contribution in [1.29, 1.82) is 0 Å². The highest BCUT2D eigenvalue weighted by molar-refractivity contribution is 9.10. The number of hydrogen-bond acceptors (Lipinski definition) is 5. The summed E-state index contributed by atoms with van der Waals surface area (Å²) < 4.78 is 11.8. The number of imide groups is 2. The Morgan fingerprint density at radius 2 is 1.66 bits per heavy atom. The SMILES string of the molecule is CCOc1ccc(N2C(=O)NC(=O)/C(=C\c3ccc(OC)cc3Cc3ccccc3Br)C2=O)cc1. The van der Waals surface area contributed by atoms with Crippen LogP contribution in [0.5, 0.6) is 11.5 Å². The van der Waals surface area contributed by atoms with E-state index >= 15 is 0 Å². The van der Waals surface area contributed by atoms with Gasteiger partial charge in [0.15, 0.2) is 0 Å². The van der Waals surface area contributed by atoms with Gasteiger partial charge in [-0.15, -0.1) is 0 Å². The van der Waals surface area contributed by atoms with E-state index in [1.54, 1.807) is 43.5 Å². The van der Waals surface area contributed by atoms with Gasteiger partial charge in [-0.05, 0) is 78.6 Å². The summed E-state index contributed by atoms with van der Waals surface area (Å²) in [5, 5.41) is 2.26. The Balaban J connectivity index is 1.72. The monoisotopic (exact) mass is 534 g/mol. The molecule has 35 heavy (non-hydrogen) atoms. The third-order valence-electron chi connectivity index (χ3n) is 5.50. The molecule has 178 valence electrons. The number of methoxy groups -OCH3 is 1. The third kappa shape index (κ3) is 5.27. The smallest absolute Gasteiger partial charge is 0.335 e. The number of carbonyl (C=O) groups is 3. The van der Waals surface area contributed by atoms with E-state index in [2.05, 4.69) is 21.2 Å². The van der Waals surface area contributed by atoms with Gasteiger partial charge in [-0.2, -0.15) is 0 Å². The van der Waals surface area contributed by atoms with Crippen LogP contribution >= 0.6 is 15.9 Å². The lowest BCUT2D eigenvalue weighted by atomic mass is 9.97. The molecule has 1 heterocycles. The van der Waals surface area contributed by atoms with Crippen LogP contribution < -0.4 is 19.7 Å². The fraction of sp³-hybridized carbons (Fsp3) is 0.148. The highest BCUT2D eigenvalue weighted by atomic mass is 79.9. The number of hydrogen-bond donors (Lipinski definition) is 1.